The first kappa shape index (κ1) is 14.5. The molecule has 2 N–H and O–H groups in total. The van der Waals surface area contributed by atoms with Gasteiger partial charge in [0.05, 0.1) is 5.56 Å². The number of nitrogens with zero attached hydrogens (tertiary/aromatic N) is 2. The summed E-state index contributed by atoms with van der Waals surface area (Å²) in [5.41, 5.74) is 0.319. The summed E-state index contributed by atoms with van der Waals surface area (Å²) >= 11 is 3.21. The van der Waals surface area contributed by atoms with Gasteiger partial charge in [-0.05, 0) is 34.3 Å². The second-order valence-corrected chi connectivity index (χ2v) is 5.24. The Kier molecular flexibility index (Phi) is 5.10. The van der Waals surface area contributed by atoms with E-state index in [1.807, 2.05) is 19.9 Å². The van der Waals surface area contributed by atoms with Gasteiger partial charge in [-0.3, -0.25) is 0 Å². The SMILES string of the molecule is CC(C)CC(Nc1ncc(Br)cc1C#N)C(=O)O. The van der Waals surface area contributed by atoms with Crippen LogP contribution in [0.1, 0.15) is 25.8 Å². The lowest BCUT2D eigenvalue weighted by atomic mass is 10.0. The van der Waals surface area contributed by atoms with E-state index in [4.69, 9.17) is 10.4 Å². The number of anilines is 1. The topological polar surface area (TPSA) is 86.0 Å². The second kappa shape index (κ2) is 6.36. The summed E-state index contributed by atoms with van der Waals surface area (Å²) in [6.07, 6.45) is 2.00. The largest absolute Gasteiger partial charge is 0.480 e. The molecular formula is C12H14BrN3O2. The van der Waals surface area contributed by atoms with Crippen LogP contribution in [0.3, 0.4) is 0 Å². The maximum Gasteiger partial charge on any atom is 0.326 e. The van der Waals surface area contributed by atoms with Crippen molar-refractivity contribution in [3.05, 3.63) is 22.3 Å². The zero-order valence-corrected chi connectivity index (χ0v) is 11.7. The summed E-state index contributed by atoms with van der Waals surface area (Å²) in [5.74, 6) is -0.411. The van der Waals surface area contributed by atoms with Crippen molar-refractivity contribution in [2.24, 2.45) is 5.92 Å². The van der Waals surface area contributed by atoms with Gasteiger partial charge in [-0.25, -0.2) is 9.78 Å². The van der Waals surface area contributed by atoms with Gasteiger partial charge < -0.3 is 10.4 Å². The molecule has 0 saturated heterocycles. The minimum Gasteiger partial charge on any atom is -0.480 e. The third-order valence-corrected chi connectivity index (χ3v) is 2.72. The fraction of sp³-hybridized carbons (Fsp3) is 0.417. The molecule has 18 heavy (non-hydrogen) atoms. The van der Waals surface area contributed by atoms with Gasteiger partial charge in [0.15, 0.2) is 0 Å². The number of carbonyl (C=O) groups is 1. The zero-order chi connectivity index (χ0) is 13.7. The molecule has 96 valence electrons. The van der Waals surface area contributed by atoms with Crippen LogP contribution in [0.15, 0.2) is 16.7 Å². The van der Waals surface area contributed by atoms with Gasteiger partial charge in [0.1, 0.15) is 17.9 Å². The zero-order valence-electron chi connectivity index (χ0n) is 10.1. The quantitative estimate of drug-likeness (QED) is 0.873. The molecule has 1 heterocycles. The van der Waals surface area contributed by atoms with Crippen LogP contribution in [0.5, 0.6) is 0 Å². The molecule has 0 fully saturated rings. The standard InChI is InChI=1S/C12H14BrN3O2/c1-7(2)3-10(12(17)18)16-11-8(5-14)4-9(13)6-15-11/h4,6-7,10H,3H2,1-2H3,(H,15,16)(H,17,18). The van der Waals surface area contributed by atoms with Gasteiger partial charge in [-0.15, -0.1) is 0 Å². The van der Waals surface area contributed by atoms with E-state index in [0.717, 1.165) is 0 Å². The number of rotatable bonds is 5. The van der Waals surface area contributed by atoms with Crippen LogP contribution >= 0.6 is 15.9 Å². The molecule has 0 saturated carbocycles. The molecule has 1 aromatic rings. The second-order valence-electron chi connectivity index (χ2n) is 4.33. The summed E-state index contributed by atoms with van der Waals surface area (Å²) in [6, 6.07) is 2.84. The lowest BCUT2D eigenvalue weighted by molar-refractivity contribution is -0.138. The molecule has 6 heteroatoms. The van der Waals surface area contributed by atoms with Gasteiger partial charge in [-0.1, -0.05) is 13.8 Å². The Morgan fingerprint density at radius 1 is 1.67 bits per heavy atom. The number of hydrogen-bond acceptors (Lipinski definition) is 4. The number of carboxylic acid groups (broad SMARTS) is 1. The van der Waals surface area contributed by atoms with E-state index in [1.54, 1.807) is 6.07 Å². The monoisotopic (exact) mass is 311 g/mol. The molecular weight excluding hydrogens is 298 g/mol. The van der Waals surface area contributed by atoms with Crippen molar-refractivity contribution >= 4 is 27.7 Å². The molecule has 0 aliphatic carbocycles. The lowest BCUT2D eigenvalue weighted by Crippen LogP contribution is -2.31. The van der Waals surface area contributed by atoms with E-state index in [-0.39, 0.29) is 5.92 Å². The van der Waals surface area contributed by atoms with Crippen LogP contribution in [0.4, 0.5) is 5.82 Å². The van der Waals surface area contributed by atoms with Crippen molar-refractivity contribution in [1.82, 2.24) is 4.98 Å². The number of aromatic nitrogens is 1. The predicted molar refractivity (Wildman–Crippen MR) is 71.2 cm³/mol. The number of aliphatic carboxylic acids is 1. The van der Waals surface area contributed by atoms with Crippen LogP contribution in [0.25, 0.3) is 0 Å². The smallest absolute Gasteiger partial charge is 0.326 e. The average Bonchev–Trinajstić information content (AvgIpc) is 2.29. The summed E-state index contributed by atoms with van der Waals surface area (Å²) in [4.78, 5) is 15.2. The molecule has 1 atom stereocenters. The molecule has 0 aromatic carbocycles. The molecule has 0 bridgehead atoms. The molecule has 0 radical (unpaired) electrons. The van der Waals surface area contributed by atoms with Gasteiger partial charge in [-0.2, -0.15) is 5.26 Å². The van der Waals surface area contributed by atoms with E-state index in [2.05, 4.69) is 26.2 Å². The molecule has 1 rings (SSSR count). The highest BCUT2D eigenvalue weighted by Gasteiger charge is 2.20. The van der Waals surface area contributed by atoms with Crippen molar-refractivity contribution in [1.29, 1.82) is 5.26 Å². The van der Waals surface area contributed by atoms with E-state index >= 15 is 0 Å². The summed E-state index contributed by atoms with van der Waals surface area (Å²) in [7, 11) is 0. The number of hydrogen-bond donors (Lipinski definition) is 2. The lowest BCUT2D eigenvalue weighted by Gasteiger charge is -2.17. The summed E-state index contributed by atoms with van der Waals surface area (Å²) in [5, 5.41) is 20.9. The maximum absolute atomic E-state index is 11.1. The number of halogens is 1. The Morgan fingerprint density at radius 2 is 2.33 bits per heavy atom. The predicted octanol–water partition coefficient (Wildman–Crippen LogP) is 2.63. The number of carboxylic acids is 1. The average molecular weight is 312 g/mol. The van der Waals surface area contributed by atoms with E-state index in [9.17, 15) is 4.79 Å². The molecule has 0 aliphatic heterocycles. The van der Waals surface area contributed by atoms with E-state index in [0.29, 0.717) is 22.3 Å². The first-order valence-corrected chi connectivity index (χ1v) is 6.28. The highest BCUT2D eigenvalue weighted by atomic mass is 79.9. The molecule has 0 spiro atoms. The van der Waals surface area contributed by atoms with Crippen LogP contribution in [0.2, 0.25) is 0 Å². The molecule has 1 unspecified atom stereocenters. The van der Waals surface area contributed by atoms with Gasteiger partial charge in [0.25, 0.3) is 0 Å². The Labute approximate surface area is 114 Å². The minimum absolute atomic E-state index is 0.236. The number of nitriles is 1. The third kappa shape index (κ3) is 4.00. The van der Waals surface area contributed by atoms with Crippen molar-refractivity contribution in [2.45, 2.75) is 26.3 Å². The van der Waals surface area contributed by atoms with Crippen molar-refractivity contribution in [3.8, 4) is 6.07 Å². The number of pyridine rings is 1. The maximum atomic E-state index is 11.1. The van der Waals surface area contributed by atoms with Crippen LogP contribution in [-0.2, 0) is 4.79 Å². The normalized spacial score (nSPS) is 11.9. The number of nitrogens with one attached hydrogen (secondary N) is 1. The summed E-state index contributed by atoms with van der Waals surface area (Å²) < 4.78 is 0.681. The highest BCUT2D eigenvalue weighted by Crippen LogP contribution is 2.19. The Balaban J connectivity index is 2.94. The minimum atomic E-state index is -0.947. The van der Waals surface area contributed by atoms with Gasteiger partial charge in [0, 0.05) is 10.7 Å². The summed E-state index contributed by atoms with van der Waals surface area (Å²) in [6.45, 7) is 3.88. The fourth-order valence-electron chi connectivity index (χ4n) is 1.50. The Morgan fingerprint density at radius 3 is 2.83 bits per heavy atom. The Bertz CT molecular complexity index is 483. The first-order valence-electron chi connectivity index (χ1n) is 5.49. The van der Waals surface area contributed by atoms with Crippen molar-refractivity contribution < 1.29 is 9.90 Å². The third-order valence-electron chi connectivity index (χ3n) is 2.29. The van der Waals surface area contributed by atoms with Crippen LogP contribution in [-0.4, -0.2) is 22.1 Å². The molecule has 0 aliphatic rings. The van der Waals surface area contributed by atoms with Crippen LogP contribution < -0.4 is 5.32 Å². The van der Waals surface area contributed by atoms with Crippen molar-refractivity contribution in [2.75, 3.05) is 5.32 Å². The van der Waals surface area contributed by atoms with Gasteiger partial charge in [0.2, 0.25) is 0 Å². The molecule has 1 aromatic heterocycles. The fourth-order valence-corrected chi connectivity index (χ4v) is 1.83. The molecule has 5 nitrogen and oxygen atoms in total. The first-order chi connectivity index (χ1) is 8.43. The molecule has 0 amide bonds. The highest BCUT2D eigenvalue weighted by molar-refractivity contribution is 9.10. The van der Waals surface area contributed by atoms with Crippen molar-refractivity contribution in [3.63, 3.8) is 0 Å². The van der Waals surface area contributed by atoms with E-state index in [1.165, 1.54) is 6.20 Å². The van der Waals surface area contributed by atoms with Crippen LogP contribution in [0, 0.1) is 17.2 Å². The van der Waals surface area contributed by atoms with E-state index < -0.39 is 12.0 Å². The van der Waals surface area contributed by atoms with Gasteiger partial charge >= 0.3 is 5.97 Å². The Hall–Kier alpha value is -1.61.